The van der Waals surface area contributed by atoms with Gasteiger partial charge in [0.2, 0.25) is 0 Å². The van der Waals surface area contributed by atoms with Crippen molar-refractivity contribution in [3.05, 3.63) is 0 Å². The van der Waals surface area contributed by atoms with Gasteiger partial charge < -0.3 is 10.2 Å². The average Bonchev–Trinajstić information content (AvgIpc) is 2.25. The van der Waals surface area contributed by atoms with E-state index in [-0.39, 0.29) is 6.61 Å². The van der Waals surface area contributed by atoms with Crippen molar-refractivity contribution >= 4 is 0 Å². The van der Waals surface area contributed by atoms with Crippen LogP contribution in [0.2, 0.25) is 0 Å². The molecule has 0 aromatic heterocycles. The quantitative estimate of drug-likeness (QED) is 0.479. The topological polar surface area (TPSA) is 40.5 Å². The SMILES string of the molecule is CCCCCCCCCC(O)C#CCO. The highest BCUT2D eigenvalue weighted by Gasteiger charge is 1.98. The van der Waals surface area contributed by atoms with E-state index in [2.05, 4.69) is 18.8 Å². The summed E-state index contributed by atoms with van der Waals surface area (Å²) < 4.78 is 0. The highest BCUT2D eigenvalue weighted by atomic mass is 16.3. The van der Waals surface area contributed by atoms with Crippen molar-refractivity contribution in [1.82, 2.24) is 0 Å². The van der Waals surface area contributed by atoms with Crippen LogP contribution in [-0.2, 0) is 0 Å². The second-order valence-corrected chi connectivity index (χ2v) is 3.91. The summed E-state index contributed by atoms with van der Waals surface area (Å²) in [4.78, 5) is 0. The molecule has 0 aliphatic carbocycles. The zero-order valence-electron chi connectivity index (χ0n) is 9.84. The first-order valence-electron chi connectivity index (χ1n) is 6.08. The van der Waals surface area contributed by atoms with Crippen molar-refractivity contribution in [1.29, 1.82) is 0 Å². The third-order valence-electron chi connectivity index (χ3n) is 2.43. The Hall–Kier alpha value is -0.520. The van der Waals surface area contributed by atoms with Gasteiger partial charge in [-0.15, -0.1) is 0 Å². The van der Waals surface area contributed by atoms with E-state index in [0.29, 0.717) is 0 Å². The first-order chi connectivity index (χ1) is 7.31. The second kappa shape index (κ2) is 11.6. The lowest BCUT2D eigenvalue weighted by molar-refractivity contribution is 0.216. The van der Waals surface area contributed by atoms with E-state index in [9.17, 15) is 5.11 Å². The van der Waals surface area contributed by atoms with E-state index >= 15 is 0 Å². The van der Waals surface area contributed by atoms with Crippen LogP contribution in [0, 0.1) is 11.8 Å². The third-order valence-corrected chi connectivity index (χ3v) is 2.43. The molecule has 0 aliphatic rings. The molecule has 0 saturated heterocycles. The molecule has 2 heteroatoms. The molecule has 0 aliphatic heterocycles. The lowest BCUT2D eigenvalue weighted by Gasteiger charge is -2.03. The normalized spacial score (nSPS) is 11.9. The molecule has 0 spiro atoms. The molecule has 0 rings (SSSR count). The molecule has 88 valence electrons. The Morgan fingerprint density at radius 2 is 1.60 bits per heavy atom. The maximum absolute atomic E-state index is 9.34. The standard InChI is InChI=1S/C13H24O2/c1-2-3-4-5-6-7-8-10-13(15)11-9-12-14/h13-15H,2-8,10,12H2,1H3. The molecule has 2 N–H and O–H groups in total. The molecule has 0 bridgehead atoms. The number of hydrogen-bond donors (Lipinski definition) is 2. The summed E-state index contributed by atoms with van der Waals surface area (Å²) in [7, 11) is 0. The van der Waals surface area contributed by atoms with Gasteiger partial charge in [-0.3, -0.25) is 0 Å². The van der Waals surface area contributed by atoms with E-state index < -0.39 is 6.10 Å². The van der Waals surface area contributed by atoms with Crippen LogP contribution in [0.3, 0.4) is 0 Å². The second-order valence-electron chi connectivity index (χ2n) is 3.91. The van der Waals surface area contributed by atoms with Gasteiger partial charge in [-0.25, -0.2) is 0 Å². The molecule has 0 aromatic rings. The van der Waals surface area contributed by atoms with Gasteiger partial charge in [-0.2, -0.15) is 0 Å². The Morgan fingerprint density at radius 3 is 2.20 bits per heavy atom. The van der Waals surface area contributed by atoms with Crippen LogP contribution >= 0.6 is 0 Å². The van der Waals surface area contributed by atoms with Crippen molar-refractivity contribution in [3.8, 4) is 11.8 Å². The van der Waals surface area contributed by atoms with E-state index in [1.165, 1.54) is 38.5 Å². The first kappa shape index (κ1) is 14.5. The Labute approximate surface area is 93.7 Å². The summed E-state index contributed by atoms with van der Waals surface area (Å²) in [6.07, 6.45) is 8.94. The molecule has 15 heavy (non-hydrogen) atoms. The summed E-state index contributed by atoms with van der Waals surface area (Å²) >= 11 is 0. The fraction of sp³-hybridized carbons (Fsp3) is 0.846. The molecular weight excluding hydrogens is 188 g/mol. The van der Waals surface area contributed by atoms with Gasteiger partial charge in [-0.1, -0.05) is 57.3 Å². The minimum atomic E-state index is -0.548. The highest BCUT2D eigenvalue weighted by Crippen LogP contribution is 2.09. The Balaban J connectivity index is 3.16. The van der Waals surface area contributed by atoms with Crippen molar-refractivity contribution in [3.63, 3.8) is 0 Å². The van der Waals surface area contributed by atoms with Crippen LogP contribution in [0.15, 0.2) is 0 Å². The maximum Gasteiger partial charge on any atom is 0.114 e. The number of aliphatic hydroxyl groups is 2. The lowest BCUT2D eigenvalue weighted by Crippen LogP contribution is -2.02. The molecule has 1 unspecified atom stereocenters. The van der Waals surface area contributed by atoms with Gasteiger partial charge in [0, 0.05) is 0 Å². The van der Waals surface area contributed by atoms with Gasteiger partial charge in [-0.05, 0) is 12.8 Å². The zero-order valence-corrected chi connectivity index (χ0v) is 9.84. The van der Waals surface area contributed by atoms with E-state index in [1.807, 2.05) is 0 Å². The van der Waals surface area contributed by atoms with Crippen molar-refractivity contribution in [2.24, 2.45) is 0 Å². The fourth-order valence-electron chi connectivity index (χ4n) is 1.53. The fourth-order valence-corrected chi connectivity index (χ4v) is 1.53. The summed E-state index contributed by atoms with van der Waals surface area (Å²) in [5.41, 5.74) is 0. The van der Waals surface area contributed by atoms with E-state index in [0.717, 1.165) is 12.8 Å². The largest absolute Gasteiger partial charge is 0.384 e. The first-order valence-corrected chi connectivity index (χ1v) is 6.08. The lowest BCUT2D eigenvalue weighted by atomic mass is 10.1. The Kier molecular flexibility index (Phi) is 11.2. The molecule has 0 radical (unpaired) electrons. The molecule has 0 fully saturated rings. The molecule has 2 nitrogen and oxygen atoms in total. The summed E-state index contributed by atoms with van der Waals surface area (Å²) in [6.45, 7) is 2.06. The number of aliphatic hydroxyl groups excluding tert-OH is 2. The van der Waals surface area contributed by atoms with Crippen LogP contribution in [0.25, 0.3) is 0 Å². The van der Waals surface area contributed by atoms with Crippen LogP contribution in [-0.4, -0.2) is 22.9 Å². The van der Waals surface area contributed by atoms with Gasteiger partial charge in [0.25, 0.3) is 0 Å². The molecule has 0 heterocycles. The van der Waals surface area contributed by atoms with Gasteiger partial charge in [0.15, 0.2) is 0 Å². The molecule has 0 aromatic carbocycles. The van der Waals surface area contributed by atoms with Crippen LogP contribution in [0.1, 0.15) is 58.3 Å². The van der Waals surface area contributed by atoms with Gasteiger partial charge in [0.1, 0.15) is 12.7 Å². The molecular formula is C13H24O2. The molecule has 0 saturated carbocycles. The van der Waals surface area contributed by atoms with Crippen molar-refractivity contribution < 1.29 is 10.2 Å². The van der Waals surface area contributed by atoms with E-state index in [1.54, 1.807) is 0 Å². The predicted octanol–water partition coefficient (Wildman–Crippen LogP) is 2.48. The molecule has 0 amide bonds. The van der Waals surface area contributed by atoms with Gasteiger partial charge in [0.05, 0.1) is 0 Å². The average molecular weight is 212 g/mol. The zero-order chi connectivity index (χ0) is 11.4. The van der Waals surface area contributed by atoms with Crippen LogP contribution in [0.5, 0.6) is 0 Å². The molecule has 1 atom stereocenters. The Bertz CT molecular complexity index is 179. The van der Waals surface area contributed by atoms with Gasteiger partial charge >= 0.3 is 0 Å². The number of unbranched alkanes of at least 4 members (excludes halogenated alkanes) is 6. The predicted molar refractivity (Wildman–Crippen MR) is 63.5 cm³/mol. The Morgan fingerprint density at radius 1 is 1.00 bits per heavy atom. The summed E-state index contributed by atoms with van der Waals surface area (Å²) in [6, 6.07) is 0. The smallest absolute Gasteiger partial charge is 0.114 e. The highest BCUT2D eigenvalue weighted by molar-refractivity contribution is 5.04. The van der Waals surface area contributed by atoms with Crippen molar-refractivity contribution in [2.75, 3.05) is 6.61 Å². The minimum absolute atomic E-state index is 0.159. The summed E-state index contributed by atoms with van der Waals surface area (Å²) in [5.74, 6) is 5.07. The van der Waals surface area contributed by atoms with E-state index in [4.69, 9.17) is 5.11 Å². The minimum Gasteiger partial charge on any atom is -0.384 e. The van der Waals surface area contributed by atoms with Crippen molar-refractivity contribution in [2.45, 2.75) is 64.4 Å². The monoisotopic (exact) mass is 212 g/mol. The maximum atomic E-state index is 9.34. The summed E-state index contributed by atoms with van der Waals surface area (Å²) in [5, 5.41) is 17.8. The third kappa shape index (κ3) is 11.4. The number of rotatable bonds is 8. The van der Waals surface area contributed by atoms with Crippen LogP contribution < -0.4 is 0 Å². The van der Waals surface area contributed by atoms with Crippen LogP contribution in [0.4, 0.5) is 0 Å². The number of hydrogen-bond acceptors (Lipinski definition) is 2.